The van der Waals surface area contributed by atoms with E-state index < -0.39 is 0 Å². The normalized spacial score (nSPS) is 21.3. The first-order chi connectivity index (χ1) is 12.3. The molecular weight excluding hydrogens is 314 g/mol. The highest BCUT2D eigenvalue weighted by molar-refractivity contribution is 5.44. The fourth-order valence-corrected chi connectivity index (χ4v) is 3.51. The predicted octanol–water partition coefficient (Wildman–Crippen LogP) is 2.70. The van der Waals surface area contributed by atoms with Gasteiger partial charge in [-0.3, -0.25) is 4.90 Å². The molecule has 1 saturated heterocycles. The molecule has 5 nitrogen and oxygen atoms in total. The lowest BCUT2D eigenvalue weighted by atomic mass is 10.2. The van der Waals surface area contributed by atoms with Crippen molar-refractivity contribution < 1.29 is 9.47 Å². The number of hydrogen-bond acceptors (Lipinski definition) is 5. The molecule has 5 heteroatoms. The number of ether oxygens (including phenoxy) is 2. The van der Waals surface area contributed by atoms with Crippen molar-refractivity contribution in [2.75, 3.05) is 37.7 Å². The van der Waals surface area contributed by atoms with E-state index in [1.165, 1.54) is 5.56 Å². The number of pyridine rings is 1. The molecule has 1 aromatic heterocycles. The largest absolute Gasteiger partial charge is 0.473 e. The van der Waals surface area contributed by atoms with Gasteiger partial charge in [-0.15, -0.1) is 0 Å². The van der Waals surface area contributed by atoms with Crippen molar-refractivity contribution in [2.24, 2.45) is 0 Å². The molecule has 0 radical (unpaired) electrons. The van der Waals surface area contributed by atoms with Crippen molar-refractivity contribution in [1.29, 1.82) is 0 Å². The molecule has 4 rings (SSSR count). The average molecular weight is 339 g/mol. The summed E-state index contributed by atoms with van der Waals surface area (Å²) in [5.41, 5.74) is 2.49. The molecule has 3 heterocycles. The van der Waals surface area contributed by atoms with Crippen LogP contribution in [0, 0.1) is 0 Å². The zero-order valence-electron chi connectivity index (χ0n) is 14.7. The van der Waals surface area contributed by atoms with Crippen molar-refractivity contribution in [3.63, 3.8) is 0 Å². The molecule has 2 aromatic rings. The van der Waals surface area contributed by atoms with Gasteiger partial charge in [0.05, 0.1) is 13.2 Å². The summed E-state index contributed by atoms with van der Waals surface area (Å²) in [5.74, 6) is 1.78. The summed E-state index contributed by atoms with van der Waals surface area (Å²) in [6.07, 6.45) is 0.123. The summed E-state index contributed by atoms with van der Waals surface area (Å²) >= 11 is 0. The third-order valence-electron chi connectivity index (χ3n) is 4.73. The fourth-order valence-electron chi connectivity index (χ4n) is 3.51. The van der Waals surface area contributed by atoms with Gasteiger partial charge in [-0.05, 0) is 24.6 Å². The van der Waals surface area contributed by atoms with Gasteiger partial charge in [-0.1, -0.05) is 30.3 Å². The van der Waals surface area contributed by atoms with Crippen LogP contribution in [0.25, 0.3) is 0 Å². The quantitative estimate of drug-likeness (QED) is 0.860. The van der Waals surface area contributed by atoms with Crippen LogP contribution in [0.5, 0.6) is 5.88 Å². The Bertz CT molecular complexity index is 701. The number of rotatable bonds is 3. The van der Waals surface area contributed by atoms with Gasteiger partial charge >= 0.3 is 0 Å². The summed E-state index contributed by atoms with van der Waals surface area (Å²) in [5, 5.41) is 0. The average Bonchev–Trinajstić information content (AvgIpc) is 2.80. The Kier molecular flexibility index (Phi) is 4.85. The predicted molar refractivity (Wildman–Crippen MR) is 97.9 cm³/mol. The SMILES string of the molecule is CC1CN(Cc2ccccc2)Cc2ccc(N3CCOCC3)nc2O1. The minimum absolute atomic E-state index is 0.123. The monoisotopic (exact) mass is 339 g/mol. The van der Waals surface area contributed by atoms with E-state index >= 15 is 0 Å². The van der Waals surface area contributed by atoms with Crippen LogP contribution < -0.4 is 9.64 Å². The van der Waals surface area contributed by atoms with Crippen molar-refractivity contribution in [3.05, 3.63) is 53.6 Å². The van der Waals surface area contributed by atoms with Gasteiger partial charge in [0.2, 0.25) is 5.88 Å². The molecular formula is C20H25N3O2. The second kappa shape index (κ2) is 7.42. The summed E-state index contributed by atoms with van der Waals surface area (Å²) in [6, 6.07) is 14.9. The highest BCUT2D eigenvalue weighted by atomic mass is 16.5. The molecule has 1 aromatic carbocycles. The van der Waals surface area contributed by atoms with Gasteiger partial charge < -0.3 is 14.4 Å². The van der Waals surface area contributed by atoms with Gasteiger partial charge in [-0.25, -0.2) is 0 Å². The number of aromatic nitrogens is 1. The third-order valence-corrected chi connectivity index (χ3v) is 4.73. The van der Waals surface area contributed by atoms with Crippen molar-refractivity contribution >= 4 is 5.82 Å². The van der Waals surface area contributed by atoms with Crippen LogP contribution >= 0.6 is 0 Å². The Hall–Kier alpha value is -2.11. The van der Waals surface area contributed by atoms with Gasteiger partial charge in [0.1, 0.15) is 11.9 Å². The van der Waals surface area contributed by atoms with Crippen molar-refractivity contribution in [3.8, 4) is 5.88 Å². The smallest absolute Gasteiger partial charge is 0.220 e. The van der Waals surface area contributed by atoms with E-state index in [0.717, 1.165) is 63.2 Å². The molecule has 1 fully saturated rings. The molecule has 0 saturated carbocycles. The van der Waals surface area contributed by atoms with Crippen LogP contribution in [0.15, 0.2) is 42.5 Å². The molecule has 0 spiro atoms. The Balaban J connectivity index is 1.53. The number of nitrogens with zero attached hydrogens (tertiary/aromatic N) is 3. The van der Waals surface area contributed by atoms with E-state index in [1.807, 2.05) is 0 Å². The number of hydrogen-bond donors (Lipinski definition) is 0. The molecule has 0 amide bonds. The first-order valence-corrected chi connectivity index (χ1v) is 9.03. The van der Waals surface area contributed by atoms with Crippen LogP contribution in [0.1, 0.15) is 18.1 Å². The lowest BCUT2D eigenvalue weighted by Gasteiger charge is -2.28. The molecule has 25 heavy (non-hydrogen) atoms. The Labute approximate surface area is 149 Å². The first kappa shape index (κ1) is 16.4. The minimum Gasteiger partial charge on any atom is -0.473 e. The molecule has 1 atom stereocenters. The lowest BCUT2D eigenvalue weighted by molar-refractivity contribution is 0.122. The number of morpholine rings is 1. The Morgan fingerprint density at radius 3 is 2.68 bits per heavy atom. The van der Waals surface area contributed by atoms with E-state index in [1.54, 1.807) is 0 Å². The van der Waals surface area contributed by atoms with Gasteiger partial charge in [-0.2, -0.15) is 4.98 Å². The van der Waals surface area contributed by atoms with Gasteiger partial charge in [0, 0.05) is 38.3 Å². The van der Waals surface area contributed by atoms with Crippen LogP contribution in [-0.4, -0.2) is 48.8 Å². The third kappa shape index (κ3) is 3.94. The molecule has 0 bridgehead atoms. The van der Waals surface area contributed by atoms with Gasteiger partial charge in [0.25, 0.3) is 0 Å². The second-order valence-corrected chi connectivity index (χ2v) is 6.82. The topological polar surface area (TPSA) is 37.8 Å². The van der Waals surface area contributed by atoms with Crippen LogP contribution in [-0.2, 0) is 17.8 Å². The molecule has 1 unspecified atom stereocenters. The highest BCUT2D eigenvalue weighted by Gasteiger charge is 2.23. The maximum atomic E-state index is 6.15. The minimum atomic E-state index is 0.123. The fraction of sp³-hybridized carbons (Fsp3) is 0.450. The molecule has 132 valence electrons. The number of benzene rings is 1. The van der Waals surface area contributed by atoms with Crippen LogP contribution in [0.2, 0.25) is 0 Å². The van der Waals surface area contributed by atoms with Crippen LogP contribution in [0.3, 0.4) is 0 Å². The maximum absolute atomic E-state index is 6.15. The van der Waals surface area contributed by atoms with Crippen molar-refractivity contribution in [2.45, 2.75) is 26.1 Å². The van der Waals surface area contributed by atoms with E-state index in [0.29, 0.717) is 0 Å². The Morgan fingerprint density at radius 2 is 1.88 bits per heavy atom. The zero-order chi connectivity index (χ0) is 17.1. The van der Waals surface area contributed by atoms with E-state index in [-0.39, 0.29) is 6.10 Å². The van der Waals surface area contributed by atoms with Crippen LogP contribution in [0.4, 0.5) is 5.82 Å². The lowest BCUT2D eigenvalue weighted by Crippen LogP contribution is -2.36. The number of anilines is 1. The zero-order valence-corrected chi connectivity index (χ0v) is 14.7. The first-order valence-electron chi connectivity index (χ1n) is 9.03. The summed E-state index contributed by atoms with van der Waals surface area (Å²) < 4.78 is 11.6. The molecule has 2 aliphatic heterocycles. The Morgan fingerprint density at radius 1 is 1.08 bits per heavy atom. The molecule has 0 aliphatic carbocycles. The summed E-state index contributed by atoms with van der Waals surface area (Å²) in [7, 11) is 0. The summed E-state index contributed by atoms with van der Waals surface area (Å²) in [4.78, 5) is 9.51. The van der Waals surface area contributed by atoms with E-state index in [2.05, 4.69) is 59.2 Å². The maximum Gasteiger partial charge on any atom is 0.220 e. The van der Waals surface area contributed by atoms with E-state index in [4.69, 9.17) is 14.5 Å². The van der Waals surface area contributed by atoms with Crippen molar-refractivity contribution in [1.82, 2.24) is 9.88 Å². The second-order valence-electron chi connectivity index (χ2n) is 6.82. The van der Waals surface area contributed by atoms with E-state index in [9.17, 15) is 0 Å². The molecule has 2 aliphatic rings. The molecule has 0 N–H and O–H groups in total. The highest BCUT2D eigenvalue weighted by Crippen LogP contribution is 2.27. The number of fused-ring (bicyclic) bond motifs is 1. The van der Waals surface area contributed by atoms with Gasteiger partial charge in [0.15, 0.2) is 0 Å². The standard InChI is InChI=1S/C20H25N3O2/c1-16-13-22(14-17-5-3-2-4-6-17)15-18-7-8-19(21-20(18)25-16)23-9-11-24-12-10-23/h2-8,16H,9-15H2,1H3. The summed E-state index contributed by atoms with van der Waals surface area (Å²) in [6.45, 7) is 8.13.